The second-order valence-corrected chi connectivity index (χ2v) is 5.35. The van der Waals surface area contributed by atoms with E-state index in [2.05, 4.69) is 9.55 Å². The second kappa shape index (κ2) is 5.52. The van der Waals surface area contributed by atoms with Gasteiger partial charge in [0.1, 0.15) is 0 Å². The van der Waals surface area contributed by atoms with E-state index in [1.165, 1.54) is 31.2 Å². The Bertz CT molecular complexity index is 699. The third-order valence-corrected chi connectivity index (χ3v) is 3.86. The predicted octanol–water partition coefficient (Wildman–Crippen LogP) is 3.39. The molecule has 0 spiro atoms. The Morgan fingerprint density at radius 2 is 2.00 bits per heavy atom. The van der Waals surface area contributed by atoms with Gasteiger partial charge in [0.05, 0.1) is 16.9 Å². The van der Waals surface area contributed by atoms with E-state index < -0.39 is 0 Å². The van der Waals surface area contributed by atoms with Crippen LogP contribution in [0.25, 0.3) is 11.8 Å². The Balaban J connectivity index is 1.89. The van der Waals surface area contributed by atoms with Crippen LogP contribution in [0, 0.1) is 10.1 Å². The van der Waals surface area contributed by atoms with Gasteiger partial charge in [0, 0.05) is 24.4 Å². The van der Waals surface area contributed by atoms with Gasteiger partial charge in [0.15, 0.2) is 0 Å². The van der Waals surface area contributed by atoms with Crippen molar-refractivity contribution < 1.29 is 4.92 Å². The molecule has 0 radical (unpaired) electrons. The summed E-state index contributed by atoms with van der Waals surface area (Å²) in [5.74, 6) is 0. The standard InChI is InChI=1S/C16H17N3O2/c1-12(19(20)21)10-13-6-8-14(9-7-13)18-11-17-15-4-2-3-5-16(15)18/h6-11H,2-5H2,1H3/b12-10+. The van der Waals surface area contributed by atoms with Crippen molar-refractivity contribution in [1.82, 2.24) is 9.55 Å². The Morgan fingerprint density at radius 1 is 1.29 bits per heavy atom. The minimum atomic E-state index is -0.375. The van der Waals surface area contributed by atoms with E-state index in [4.69, 9.17) is 0 Å². The SMILES string of the molecule is C/C(=C\c1ccc(-n2cnc3c2CCCC3)cc1)[N+](=O)[O-]. The largest absolute Gasteiger partial charge is 0.303 e. The molecule has 1 aliphatic rings. The summed E-state index contributed by atoms with van der Waals surface area (Å²) in [6, 6.07) is 7.76. The number of nitro groups is 1. The molecule has 108 valence electrons. The molecule has 3 rings (SSSR count). The van der Waals surface area contributed by atoms with Gasteiger partial charge in [-0.2, -0.15) is 0 Å². The number of imidazole rings is 1. The molecule has 21 heavy (non-hydrogen) atoms. The molecule has 1 aliphatic carbocycles. The van der Waals surface area contributed by atoms with Gasteiger partial charge in [-0.05, 0) is 43.4 Å². The molecular formula is C16H17N3O2. The van der Waals surface area contributed by atoms with E-state index in [1.807, 2.05) is 30.6 Å². The molecule has 0 saturated heterocycles. The van der Waals surface area contributed by atoms with Crippen molar-refractivity contribution in [1.29, 1.82) is 0 Å². The molecule has 1 aromatic heterocycles. The molecule has 0 unspecified atom stereocenters. The lowest BCUT2D eigenvalue weighted by Gasteiger charge is -2.14. The zero-order chi connectivity index (χ0) is 14.8. The maximum absolute atomic E-state index is 10.6. The van der Waals surface area contributed by atoms with Crippen LogP contribution in [0.2, 0.25) is 0 Å². The van der Waals surface area contributed by atoms with Crippen LogP contribution in [-0.2, 0) is 12.8 Å². The number of benzene rings is 1. The molecule has 0 amide bonds. The van der Waals surface area contributed by atoms with Crippen molar-refractivity contribution in [2.24, 2.45) is 0 Å². The Labute approximate surface area is 123 Å². The Morgan fingerprint density at radius 3 is 2.71 bits per heavy atom. The van der Waals surface area contributed by atoms with Crippen LogP contribution < -0.4 is 0 Å². The summed E-state index contributed by atoms with van der Waals surface area (Å²) in [6.45, 7) is 1.50. The number of allylic oxidation sites excluding steroid dienone is 1. The van der Waals surface area contributed by atoms with Crippen LogP contribution in [0.5, 0.6) is 0 Å². The van der Waals surface area contributed by atoms with Crippen molar-refractivity contribution in [3.05, 3.63) is 63.4 Å². The molecule has 5 heteroatoms. The van der Waals surface area contributed by atoms with Gasteiger partial charge in [0.2, 0.25) is 5.70 Å². The third-order valence-electron chi connectivity index (χ3n) is 3.86. The van der Waals surface area contributed by atoms with Crippen LogP contribution in [0.1, 0.15) is 36.7 Å². The first-order valence-corrected chi connectivity index (χ1v) is 7.13. The monoisotopic (exact) mass is 283 g/mol. The van der Waals surface area contributed by atoms with E-state index >= 15 is 0 Å². The number of aryl methyl sites for hydroxylation is 1. The molecule has 0 fully saturated rings. The molecule has 0 bridgehead atoms. The topological polar surface area (TPSA) is 61.0 Å². The molecule has 5 nitrogen and oxygen atoms in total. The quantitative estimate of drug-likeness (QED) is 0.640. The summed E-state index contributed by atoms with van der Waals surface area (Å²) < 4.78 is 2.13. The summed E-state index contributed by atoms with van der Waals surface area (Å²) in [5, 5.41) is 10.6. The molecule has 0 atom stereocenters. The summed E-state index contributed by atoms with van der Waals surface area (Å²) in [4.78, 5) is 14.8. The van der Waals surface area contributed by atoms with E-state index in [-0.39, 0.29) is 10.6 Å². The molecule has 2 aromatic rings. The van der Waals surface area contributed by atoms with Gasteiger partial charge >= 0.3 is 0 Å². The van der Waals surface area contributed by atoms with Crippen molar-refractivity contribution in [3.63, 3.8) is 0 Å². The fraction of sp³-hybridized carbons (Fsp3) is 0.312. The highest BCUT2D eigenvalue weighted by Gasteiger charge is 2.15. The smallest absolute Gasteiger partial charge is 0.243 e. The first kappa shape index (κ1) is 13.5. The first-order valence-electron chi connectivity index (χ1n) is 7.13. The van der Waals surface area contributed by atoms with Crippen molar-refractivity contribution >= 4 is 6.08 Å². The second-order valence-electron chi connectivity index (χ2n) is 5.35. The van der Waals surface area contributed by atoms with Crippen molar-refractivity contribution in [3.8, 4) is 5.69 Å². The maximum Gasteiger partial charge on any atom is 0.243 e. The van der Waals surface area contributed by atoms with Gasteiger partial charge in [0.25, 0.3) is 0 Å². The van der Waals surface area contributed by atoms with E-state index in [0.717, 1.165) is 24.1 Å². The van der Waals surface area contributed by atoms with Gasteiger partial charge < -0.3 is 4.57 Å². The number of aromatic nitrogens is 2. The third kappa shape index (κ3) is 2.72. The maximum atomic E-state index is 10.6. The zero-order valence-electron chi connectivity index (χ0n) is 12.0. The fourth-order valence-corrected chi connectivity index (χ4v) is 2.72. The average molecular weight is 283 g/mol. The highest BCUT2D eigenvalue weighted by Crippen LogP contribution is 2.23. The number of hydrogen-bond acceptors (Lipinski definition) is 3. The molecule has 0 N–H and O–H groups in total. The van der Waals surface area contributed by atoms with Gasteiger partial charge in [-0.15, -0.1) is 0 Å². The zero-order valence-corrected chi connectivity index (χ0v) is 12.0. The molecule has 0 saturated carbocycles. The van der Waals surface area contributed by atoms with Gasteiger partial charge in [-0.3, -0.25) is 10.1 Å². The van der Waals surface area contributed by atoms with Crippen LogP contribution >= 0.6 is 0 Å². The summed E-state index contributed by atoms with van der Waals surface area (Å²) in [5.41, 5.74) is 4.53. The molecular weight excluding hydrogens is 266 g/mol. The first-order chi connectivity index (χ1) is 10.1. The molecule has 1 aromatic carbocycles. The lowest BCUT2D eigenvalue weighted by molar-refractivity contribution is -0.422. The molecule has 1 heterocycles. The Kier molecular flexibility index (Phi) is 3.56. The predicted molar refractivity (Wildman–Crippen MR) is 80.9 cm³/mol. The number of rotatable bonds is 3. The van der Waals surface area contributed by atoms with E-state index in [9.17, 15) is 10.1 Å². The lowest BCUT2D eigenvalue weighted by Crippen LogP contribution is -2.06. The fourth-order valence-electron chi connectivity index (χ4n) is 2.72. The normalized spacial score (nSPS) is 14.8. The minimum Gasteiger partial charge on any atom is -0.303 e. The van der Waals surface area contributed by atoms with Gasteiger partial charge in [-0.1, -0.05) is 12.1 Å². The van der Waals surface area contributed by atoms with Crippen molar-refractivity contribution in [2.75, 3.05) is 0 Å². The number of nitrogens with zero attached hydrogens (tertiary/aromatic N) is 3. The summed E-state index contributed by atoms with van der Waals surface area (Å²) in [6.07, 6.45) is 8.01. The van der Waals surface area contributed by atoms with Gasteiger partial charge in [-0.25, -0.2) is 4.98 Å². The highest BCUT2D eigenvalue weighted by molar-refractivity contribution is 5.53. The minimum absolute atomic E-state index is 0.141. The lowest BCUT2D eigenvalue weighted by atomic mass is 10.0. The summed E-state index contributed by atoms with van der Waals surface area (Å²) >= 11 is 0. The van der Waals surface area contributed by atoms with E-state index in [1.54, 1.807) is 6.08 Å². The average Bonchev–Trinajstić information content (AvgIpc) is 2.92. The Hall–Kier alpha value is -2.43. The summed E-state index contributed by atoms with van der Waals surface area (Å²) in [7, 11) is 0. The van der Waals surface area contributed by atoms with Crippen molar-refractivity contribution in [2.45, 2.75) is 32.6 Å². The number of fused-ring (bicyclic) bond motifs is 1. The number of hydrogen-bond donors (Lipinski definition) is 0. The van der Waals surface area contributed by atoms with Crippen LogP contribution in [0.3, 0.4) is 0 Å². The molecule has 0 aliphatic heterocycles. The van der Waals surface area contributed by atoms with Crippen LogP contribution in [-0.4, -0.2) is 14.5 Å². The highest BCUT2D eigenvalue weighted by atomic mass is 16.6. The van der Waals surface area contributed by atoms with Crippen LogP contribution in [0.15, 0.2) is 36.3 Å². The van der Waals surface area contributed by atoms with Crippen LogP contribution in [0.4, 0.5) is 0 Å². The van der Waals surface area contributed by atoms with E-state index in [0.29, 0.717) is 0 Å².